The van der Waals surface area contributed by atoms with Crippen molar-refractivity contribution in [1.29, 1.82) is 0 Å². The molecule has 2 N–H and O–H groups in total. The standard InChI is InChI=1S/C19H21N3O2S/c1-20-19(25)24-13-17-11-14-7-5-6-8-15(14)12-22(17)18(23)21-16-9-3-2-4-10-16/h2-10,17H,11-13H2,1H3,(H,20,25)(H,21,23)/t17-/m0/s1. The smallest absolute Gasteiger partial charge is 0.322 e. The summed E-state index contributed by atoms with van der Waals surface area (Å²) >= 11 is 5.06. The maximum atomic E-state index is 12.8. The SMILES string of the molecule is CNC(=S)OC[C@@H]1Cc2ccccc2CN1C(=O)Nc1ccccc1. The highest BCUT2D eigenvalue weighted by Crippen LogP contribution is 2.24. The van der Waals surface area contributed by atoms with Gasteiger partial charge in [0.2, 0.25) is 0 Å². The number of thiocarbonyl (C=S) groups is 1. The molecule has 2 aromatic rings. The predicted octanol–water partition coefficient (Wildman–Crippen LogP) is 3.17. The number of ether oxygens (including phenoxy) is 1. The van der Waals surface area contributed by atoms with Crippen LogP contribution in [0.4, 0.5) is 10.5 Å². The fourth-order valence-corrected chi connectivity index (χ4v) is 3.00. The molecule has 25 heavy (non-hydrogen) atoms. The van der Waals surface area contributed by atoms with Gasteiger partial charge in [0.25, 0.3) is 5.17 Å². The minimum absolute atomic E-state index is 0.0788. The number of nitrogens with zero attached hydrogens (tertiary/aromatic N) is 1. The molecule has 0 aromatic heterocycles. The molecule has 3 rings (SSSR count). The zero-order chi connectivity index (χ0) is 17.6. The normalized spacial score (nSPS) is 15.9. The molecule has 2 amide bonds. The van der Waals surface area contributed by atoms with Crippen LogP contribution in [0.2, 0.25) is 0 Å². The lowest BCUT2D eigenvalue weighted by molar-refractivity contribution is 0.134. The molecule has 0 unspecified atom stereocenters. The van der Waals surface area contributed by atoms with Gasteiger partial charge in [-0.3, -0.25) is 0 Å². The third-order valence-corrected chi connectivity index (χ3v) is 4.57. The summed E-state index contributed by atoms with van der Waals surface area (Å²) in [6.07, 6.45) is 0.741. The Bertz CT molecular complexity index is 751. The van der Waals surface area contributed by atoms with Gasteiger partial charge in [0, 0.05) is 19.3 Å². The number of amides is 2. The molecule has 1 atom stereocenters. The molecular weight excluding hydrogens is 334 g/mol. The van der Waals surface area contributed by atoms with E-state index in [-0.39, 0.29) is 12.1 Å². The number of nitrogens with one attached hydrogen (secondary N) is 2. The zero-order valence-electron chi connectivity index (χ0n) is 14.1. The average molecular weight is 355 g/mol. The summed E-state index contributed by atoms with van der Waals surface area (Å²) in [6.45, 7) is 0.908. The number of carbonyl (C=O) groups excluding carboxylic acids is 1. The summed E-state index contributed by atoms with van der Waals surface area (Å²) < 4.78 is 5.57. The van der Waals surface area contributed by atoms with E-state index in [0.29, 0.717) is 18.3 Å². The van der Waals surface area contributed by atoms with Crippen molar-refractivity contribution in [1.82, 2.24) is 10.2 Å². The lowest BCUT2D eigenvalue weighted by Gasteiger charge is -2.36. The molecule has 0 fully saturated rings. The number of carbonyl (C=O) groups is 1. The maximum Gasteiger partial charge on any atom is 0.322 e. The van der Waals surface area contributed by atoms with Crippen LogP contribution in [0.25, 0.3) is 0 Å². The Morgan fingerprint density at radius 3 is 2.56 bits per heavy atom. The lowest BCUT2D eigenvalue weighted by Crippen LogP contribution is -2.49. The summed E-state index contributed by atoms with van der Waals surface area (Å²) in [6, 6.07) is 17.4. The fraction of sp³-hybridized carbons (Fsp3) is 0.263. The summed E-state index contributed by atoms with van der Waals surface area (Å²) in [7, 11) is 1.72. The Balaban J connectivity index is 1.77. The lowest BCUT2D eigenvalue weighted by atomic mass is 9.94. The van der Waals surface area contributed by atoms with Crippen molar-refractivity contribution in [3.8, 4) is 0 Å². The molecule has 0 radical (unpaired) electrons. The molecule has 1 aliphatic rings. The summed E-state index contributed by atoms with van der Waals surface area (Å²) in [5, 5.41) is 6.09. The molecule has 1 aliphatic heterocycles. The molecule has 5 nitrogen and oxygen atoms in total. The molecule has 130 valence electrons. The van der Waals surface area contributed by atoms with E-state index in [1.165, 1.54) is 5.56 Å². The van der Waals surface area contributed by atoms with Gasteiger partial charge in [0.1, 0.15) is 6.61 Å². The van der Waals surface area contributed by atoms with Crippen LogP contribution in [0.15, 0.2) is 54.6 Å². The van der Waals surface area contributed by atoms with Gasteiger partial charge in [0.15, 0.2) is 0 Å². The fourth-order valence-electron chi connectivity index (χ4n) is 2.93. The van der Waals surface area contributed by atoms with Gasteiger partial charge in [-0.05, 0) is 41.9 Å². The second kappa shape index (κ2) is 7.98. The minimum atomic E-state index is -0.135. The highest BCUT2D eigenvalue weighted by atomic mass is 32.1. The highest BCUT2D eigenvalue weighted by molar-refractivity contribution is 7.80. The van der Waals surface area contributed by atoms with Crippen LogP contribution in [-0.2, 0) is 17.7 Å². The van der Waals surface area contributed by atoms with Crippen LogP contribution in [-0.4, -0.2) is 35.8 Å². The Labute approximate surface area is 153 Å². The summed E-state index contributed by atoms with van der Waals surface area (Å²) in [5.74, 6) is 0. The topological polar surface area (TPSA) is 53.6 Å². The highest BCUT2D eigenvalue weighted by Gasteiger charge is 2.30. The van der Waals surface area contributed by atoms with Crippen LogP contribution in [0, 0.1) is 0 Å². The first kappa shape index (κ1) is 17.2. The van der Waals surface area contributed by atoms with Gasteiger partial charge < -0.3 is 20.3 Å². The first-order valence-electron chi connectivity index (χ1n) is 8.21. The number of hydrogen-bond donors (Lipinski definition) is 2. The van der Waals surface area contributed by atoms with Gasteiger partial charge >= 0.3 is 6.03 Å². The van der Waals surface area contributed by atoms with Gasteiger partial charge in [-0.2, -0.15) is 0 Å². The van der Waals surface area contributed by atoms with Gasteiger partial charge in [0.05, 0.1) is 6.04 Å². The minimum Gasteiger partial charge on any atom is -0.469 e. The number of benzene rings is 2. The van der Waals surface area contributed by atoms with E-state index < -0.39 is 0 Å². The van der Waals surface area contributed by atoms with E-state index in [0.717, 1.165) is 17.7 Å². The van der Waals surface area contributed by atoms with Crippen LogP contribution in [0.5, 0.6) is 0 Å². The van der Waals surface area contributed by atoms with E-state index >= 15 is 0 Å². The molecule has 0 bridgehead atoms. The van der Waals surface area contributed by atoms with Gasteiger partial charge in [-0.1, -0.05) is 42.5 Å². The van der Waals surface area contributed by atoms with Crippen molar-refractivity contribution in [3.05, 3.63) is 65.7 Å². The number of rotatable bonds is 3. The summed E-state index contributed by atoms with van der Waals surface area (Å²) in [4.78, 5) is 14.6. The van der Waals surface area contributed by atoms with Crippen molar-refractivity contribution in [2.24, 2.45) is 0 Å². The van der Waals surface area contributed by atoms with Gasteiger partial charge in [-0.25, -0.2) is 4.79 Å². The van der Waals surface area contributed by atoms with Crippen LogP contribution in [0.3, 0.4) is 0 Å². The third kappa shape index (κ3) is 4.28. The maximum absolute atomic E-state index is 12.8. The number of fused-ring (bicyclic) bond motifs is 1. The average Bonchev–Trinajstić information content (AvgIpc) is 2.66. The van der Waals surface area contributed by atoms with E-state index in [9.17, 15) is 4.79 Å². The monoisotopic (exact) mass is 355 g/mol. The van der Waals surface area contributed by atoms with Crippen molar-refractivity contribution < 1.29 is 9.53 Å². The van der Waals surface area contributed by atoms with E-state index in [1.807, 2.05) is 47.4 Å². The number of hydrogen-bond acceptors (Lipinski definition) is 3. The molecule has 0 aliphatic carbocycles. The number of urea groups is 1. The molecule has 0 saturated carbocycles. The zero-order valence-corrected chi connectivity index (χ0v) is 14.9. The van der Waals surface area contributed by atoms with Crippen molar-refractivity contribution in [3.63, 3.8) is 0 Å². The quantitative estimate of drug-likeness (QED) is 0.831. The Kier molecular flexibility index (Phi) is 5.50. The van der Waals surface area contributed by atoms with Crippen molar-refractivity contribution >= 4 is 29.1 Å². The van der Waals surface area contributed by atoms with Crippen molar-refractivity contribution in [2.75, 3.05) is 19.0 Å². The van der Waals surface area contributed by atoms with Crippen LogP contribution in [0.1, 0.15) is 11.1 Å². The molecule has 1 heterocycles. The largest absolute Gasteiger partial charge is 0.469 e. The molecule has 0 saturated heterocycles. The molecule has 6 heteroatoms. The van der Waals surface area contributed by atoms with Crippen LogP contribution >= 0.6 is 12.2 Å². The molecular formula is C19H21N3O2S. The van der Waals surface area contributed by atoms with Gasteiger partial charge in [-0.15, -0.1) is 0 Å². The third-order valence-electron chi connectivity index (χ3n) is 4.25. The number of anilines is 1. The first-order valence-corrected chi connectivity index (χ1v) is 8.62. The van der Waals surface area contributed by atoms with E-state index in [2.05, 4.69) is 22.8 Å². The number of para-hydroxylation sites is 1. The second-order valence-corrected chi connectivity index (χ2v) is 6.27. The Hall–Kier alpha value is -2.60. The van der Waals surface area contributed by atoms with Crippen LogP contribution < -0.4 is 10.6 Å². The molecule has 0 spiro atoms. The Morgan fingerprint density at radius 1 is 1.16 bits per heavy atom. The molecule has 2 aromatic carbocycles. The van der Waals surface area contributed by atoms with E-state index in [1.54, 1.807) is 7.05 Å². The second-order valence-electron chi connectivity index (χ2n) is 5.90. The van der Waals surface area contributed by atoms with E-state index in [4.69, 9.17) is 17.0 Å². The Morgan fingerprint density at radius 2 is 1.84 bits per heavy atom. The predicted molar refractivity (Wildman–Crippen MR) is 103 cm³/mol. The summed E-state index contributed by atoms with van der Waals surface area (Å²) in [5.41, 5.74) is 3.19. The first-order chi connectivity index (χ1) is 12.2. The van der Waals surface area contributed by atoms with Crippen molar-refractivity contribution in [2.45, 2.75) is 19.0 Å².